The molecule has 0 heterocycles. The summed E-state index contributed by atoms with van der Waals surface area (Å²) in [7, 11) is -5.03. The molecule has 7 nitrogen and oxygen atoms in total. The van der Waals surface area contributed by atoms with Crippen LogP contribution in [0.15, 0.2) is 62.8 Å². The van der Waals surface area contributed by atoms with Gasteiger partial charge in [0.05, 0.1) is 16.9 Å². The molecule has 0 aromatic heterocycles. The zero-order chi connectivity index (χ0) is 18.0. The number of benzene rings is 2. The third kappa shape index (κ3) is 4.14. The van der Waals surface area contributed by atoms with Crippen LogP contribution in [0.4, 0.5) is 5.69 Å². The Morgan fingerprint density at radius 3 is 1.92 bits per heavy atom. The second-order valence-electron chi connectivity index (χ2n) is 4.68. The number of hydrogen-bond acceptors (Lipinski definition) is 5. The Balaban J connectivity index is 2.24. The lowest BCUT2D eigenvalue weighted by Crippen LogP contribution is -2.25. The van der Waals surface area contributed by atoms with Crippen molar-refractivity contribution in [2.75, 3.05) is 18.9 Å². The molecule has 10 heteroatoms. The van der Waals surface area contributed by atoms with E-state index in [0.29, 0.717) is 4.47 Å². The van der Waals surface area contributed by atoms with Gasteiger partial charge in [-0.15, -0.1) is 0 Å². The third-order valence-electron chi connectivity index (χ3n) is 3.12. The summed E-state index contributed by atoms with van der Waals surface area (Å²) in [4.78, 5) is 4.76. The molecule has 0 aliphatic heterocycles. The molecule has 0 spiro atoms. The highest BCUT2D eigenvalue weighted by molar-refractivity contribution is 9.10. The smallest absolute Gasteiger partial charge is 0.264 e. The van der Waals surface area contributed by atoms with E-state index in [1.807, 2.05) is 0 Å². The molecular formula is C14H15BrN2O5S2. The Kier molecular flexibility index (Phi) is 5.66. The molecule has 1 N–H and O–H groups in total. The van der Waals surface area contributed by atoms with E-state index in [4.69, 9.17) is 0 Å². The predicted molar refractivity (Wildman–Crippen MR) is 93.4 cm³/mol. The Morgan fingerprint density at radius 1 is 0.917 bits per heavy atom. The van der Waals surface area contributed by atoms with Crippen molar-refractivity contribution in [1.82, 2.24) is 4.47 Å². The highest BCUT2D eigenvalue weighted by Crippen LogP contribution is 2.21. The maximum Gasteiger partial charge on any atom is 0.264 e. The molecule has 0 radical (unpaired) electrons. The van der Waals surface area contributed by atoms with Crippen LogP contribution in [0.2, 0.25) is 0 Å². The zero-order valence-corrected chi connectivity index (χ0v) is 16.0. The number of nitrogens with one attached hydrogen (secondary N) is 1. The first kappa shape index (κ1) is 18.9. The van der Waals surface area contributed by atoms with Crippen LogP contribution in [0.3, 0.4) is 0 Å². The Morgan fingerprint density at radius 2 is 1.42 bits per heavy atom. The summed E-state index contributed by atoms with van der Waals surface area (Å²) >= 11 is 3.24. The highest BCUT2D eigenvalue weighted by atomic mass is 79.9. The molecular weight excluding hydrogens is 420 g/mol. The van der Waals surface area contributed by atoms with E-state index in [1.54, 1.807) is 12.1 Å². The van der Waals surface area contributed by atoms with E-state index in [1.165, 1.54) is 50.6 Å². The molecule has 24 heavy (non-hydrogen) atoms. The van der Waals surface area contributed by atoms with Crippen molar-refractivity contribution in [2.24, 2.45) is 0 Å². The van der Waals surface area contributed by atoms with E-state index < -0.39 is 20.0 Å². The van der Waals surface area contributed by atoms with E-state index in [0.717, 1.165) is 4.47 Å². The number of rotatable bonds is 6. The average Bonchev–Trinajstić information content (AvgIpc) is 2.54. The summed E-state index contributed by atoms with van der Waals surface area (Å²) < 4.78 is 52.6. The normalized spacial score (nSPS) is 12.3. The summed E-state index contributed by atoms with van der Waals surface area (Å²) in [5.74, 6) is 0. The molecule has 0 bridgehead atoms. The van der Waals surface area contributed by atoms with Crippen LogP contribution in [0.1, 0.15) is 0 Å². The van der Waals surface area contributed by atoms with E-state index in [9.17, 15) is 16.8 Å². The van der Waals surface area contributed by atoms with Gasteiger partial charge in [0.2, 0.25) is 0 Å². The molecule has 0 aliphatic rings. The fourth-order valence-electron chi connectivity index (χ4n) is 1.77. The second kappa shape index (κ2) is 7.19. The van der Waals surface area contributed by atoms with Gasteiger partial charge in [-0.05, 0) is 48.5 Å². The first-order chi connectivity index (χ1) is 11.2. The Labute approximate surface area is 149 Å². The predicted octanol–water partition coefficient (Wildman–Crippen LogP) is 2.43. The van der Waals surface area contributed by atoms with Gasteiger partial charge >= 0.3 is 0 Å². The van der Waals surface area contributed by atoms with Crippen molar-refractivity contribution >= 4 is 41.7 Å². The summed E-state index contributed by atoms with van der Waals surface area (Å²) in [6, 6.07) is 11.5. The number of halogens is 1. The molecule has 0 amide bonds. The maximum absolute atomic E-state index is 12.3. The van der Waals surface area contributed by atoms with Crippen molar-refractivity contribution in [3.8, 4) is 0 Å². The van der Waals surface area contributed by atoms with E-state index in [-0.39, 0.29) is 15.5 Å². The molecule has 2 rings (SSSR count). The van der Waals surface area contributed by atoms with Gasteiger partial charge < -0.3 is 0 Å². The van der Waals surface area contributed by atoms with Gasteiger partial charge in [0, 0.05) is 17.2 Å². The lowest BCUT2D eigenvalue weighted by Gasteiger charge is -2.14. The van der Waals surface area contributed by atoms with Crippen molar-refractivity contribution in [2.45, 2.75) is 9.79 Å². The van der Waals surface area contributed by atoms with Crippen LogP contribution in [0.5, 0.6) is 0 Å². The summed E-state index contributed by atoms with van der Waals surface area (Å²) in [5, 5.41) is 0. The fourth-order valence-corrected chi connectivity index (χ4v) is 4.07. The maximum atomic E-state index is 12.3. The lowest BCUT2D eigenvalue weighted by atomic mass is 10.3. The molecule has 0 aliphatic carbocycles. The summed E-state index contributed by atoms with van der Waals surface area (Å²) in [5.41, 5.74) is 0.247. The molecule has 0 atom stereocenters. The largest absolute Gasteiger partial charge is 0.288 e. The highest BCUT2D eigenvalue weighted by Gasteiger charge is 2.21. The first-order valence-corrected chi connectivity index (χ1v) is 10.3. The number of anilines is 1. The van der Waals surface area contributed by atoms with Gasteiger partial charge in [0.25, 0.3) is 20.0 Å². The van der Waals surface area contributed by atoms with E-state index >= 15 is 0 Å². The molecule has 0 saturated heterocycles. The van der Waals surface area contributed by atoms with Gasteiger partial charge in [-0.25, -0.2) is 16.8 Å². The molecule has 2 aromatic carbocycles. The summed E-state index contributed by atoms with van der Waals surface area (Å²) in [6.45, 7) is 0. The zero-order valence-electron chi connectivity index (χ0n) is 12.8. The lowest BCUT2D eigenvalue weighted by molar-refractivity contribution is -0.0258. The first-order valence-electron chi connectivity index (χ1n) is 6.58. The monoisotopic (exact) mass is 434 g/mol. The minimum atomic E-state index is -3.78. The fraction of sp³-hybridized carbons (Fsp3) is 0.143. The standard InChI is InChI=1S/C14H15BrN2O5S2/c1-17(22-2)24(20,21)14-9-5-12(6-10-14)16-23(18,19)13-7-3-11(15)4-8-13/h3-10,16H,1-2H3. The van der Waals surface area contributed by atoms with E-state index in [2.05, 4.69) is 25.5 Å². The number of nitrogens with zero attached hydrogens (tertiary/aromatic N) is 1. The van der Waals surface area contributed by atoms with Crippen LogP contribution in [-0.2, 0) is 24.9 Å². The second-order valence-corrected chi connectivity index (χ2v) is 9.21. The van der Waals surface area contributed by atoms with Gasteiger partial charge in [-0.2, -0.15) is 0 Å². The van der Waals surface area contributed by atoms with Crippen LogP contribution >= 0.6 is 15.9 Å². The van der Waals surface area contributed by atoms with Gasteiger partial charge in [0.1, 0.15) is 0 Å². The van der Waals surface area contributed by atoms with Crippen molar-refractivity contribution in [3.05, 3.63) is 53.0 Å². The van der Waals surface area contributed by atoms with Crippen molar-refractivity contribution in [3.63, 3.8) is 0 Å². The minimum absolute atomic E-state index is 0.0153. The molecule has 0 fully saturated rings. The van der Waals surface area contributed by atoms with Gasteiger partial charge in [-0.3, -0.25) is 9.56 Å². The molecule has 0 unspecified atom stereocenters. The topological polar surface area (TPSA) is 92.8 Å². The van der Waals surface area contributed by atoms with Gasteiger partial charge in [0.15, 0.2) is 0 Å². The Bertz CT molecular complexity index is 911. The van der Waals surface area contributed by atoms with Crippen LogP contribution in [-0.4, -0.2) is 35.5 Å². The number of hydrogen-bond donors (Lipinski definition) is 1. The van der Waals surface area contributed by atoms with Gasteiger partial charge in [-0.1, -0.05) is 20.4 Å². The molecule has 0 saturated carbocycles. The average molecular weight is 435 g/mol. The SMILES string of the molecule is CON(C)S(=O)(=O)c1ccc(NS(=O)(=O)c2ccc(Br)cc2)cc1. The van der Waals surface area contributed by atoms with Crippen LogP contribution in [0.25, 0.3) is 0 Å². The van der Waals surface area contributed by atoms with Crippen molar-refractivity contribution < 1.29 is 21.7 Å². The third-order valence-corrected chi connectivity index (χ3v) is 6.74. The Hall–Kier alpha value is -1.46. The summed E-state index contributed by atoms with van der Waals surface area (Å²) in [6.07, 6.45) is 0. The van der Waals surface area contributed by atoms with Crippen LogP contribution < -0.4 is 4.72 Å². The minimum Gasteiger partial charge on any atom is -0.288 e. The van der Waals surface area contributed by atoms with Crippen LogP contribution in [0, 0.1) is 0 Å². The number of hydroxylamine groups is 1. The molecule has 130 valence electrons. The number of sulfonamides is 2. The quantitative estimate of drug-likeness (QED) is 0.704. The van der Waals surface area contributed by atoms with Crippen molar-refractivity contribution in [1.29, 1.82) is 0 Å². The molecule has 2 aromatic rings.